The third-order valence-corrected chi connectivity index (χ3v) is 0.770. The van der Waals surface area contributed by atoms with Gasteiger partial charge in [0.05, 0.1) is 6.61 Å². The molecule has 0 fully saturated rings. The van der Waals surface area contributed by atoms with Crippen molar-refractivity contribution in [2.24, 2.45) is 0 Å². The first kappa shape index (κ1) is 8.83. The van der Waals surface area contributed by atoms with Gasteiger partial charge in [-0.2, -0.15) is 0 Å². The Kier molecular flexibility index (Phi) is 4.14. The fourth-order valence-electron chi connectivity index (χ4n) is 0.330. The molecule has 0 saturated heterocycles. The lowest BCUT2D eigenvalue weighted by molar-refractivity contribution is 0.0477. The van der Waals surface area contributed by atoms with E-state index in [9.17, 15) is 4.79 Å². The van der Waals surface area contributed by atoms with Crippen LogP contribution in [0.25, 0.3) is 0 Å². The van der Waals surface area contributed by atoms with Crippen LogP contribution in [-0.2, 0) is 9.47 Å². The molecular formula is C7H10O3. The van der Waals surface area contributed by atoms with Crippen molar-refractivity contribution >= 4 is 6.16 Å². The molecule has 3 heteroatoms. The third-order valence-electron chi connectivity index (χ3n) is 0.770. The van der Waals surface area contributed by atoms with E-state index in [0.29, 0.717) is 6.61 Å². The van der Waals surface area contributed by atoms with Gasteiger partial charge in [0.1, 0.15) is 0 Å². The predicted octanol–water partition coefficient (Wildman–Crippen LogP) is 1.18. The summed E-state index contributed by atoms with van der Waals surface area (Å²) in [6.45, 7) is 3.59. The van der Waals surface area contributed by atoms with Gasteiger partial charge in [0.2, 0.25) is 0 Å². The molecule has 10 heavy (non-hydrogen) atoms. The van der Waals surface area contributed by atoms with Crippen molar-refractivity contribution in [1.29, 1.82) is 0 Å². The van der Waals surface area contributed by atoms with E-state index in [1.165, 1.54) is 0 Å². The second kappa shape index (κ2) is 4.68. The molecule has 0 aliphatic rings. The highest BCUT2D eigenvalue weighted by atomic mass is 16.7. The van der Waals surface area contributed by atoms with Gasteiger partial charge in [0, 0.05) is 0 Å². The molecule has 0 aliphatic carbocycles. The highest BCUT2D eigenvalue weighted by Crippen LogP contribution is 1.91. The molecule has 0 saturated carbocycles. The normalized spacial score (nSPS) is 11.3. The van der Waals surface area contributed by atoms with Gasteiger partial charge in [-0.15, -0.1) is 6.42 Å². The van der Waals surface area contributed by atoms with Crippen molar-refractivity contribution in [2.45, 2.75) is 20.0 Å². The molecule has 1 atom stereocenters. The van der Waals surface area contributed by atoms with E-state index >= 15 is 0 Å². The maximum absolute atomic E-state index is 10.5. The third kappa shape index (κ3) is 3.79. The lowest BCUT2D eigenvalue weighted by Crippen LogP contribution is -2.13. The Balaban J connectivity index is 3.49. The molecule has 3 nitrogen and oxygen atoms in total. The summed E-state index contributed by atoms with van der Waals surface area (Å²) in [5.74, 6) is 2.23. The zero-order valence-electron chi connectivity index (χ0n) is 6.09. The van der Waals surface area contributed by atoms with Crippen molar-refractivity contribution in [1.82, 2.24) is 0 Å². The molecule has 0 aromatic rings. The minimum absolute atomic E-state index is 0.302. The quantitative estimate of drug-likeness (QED) is 0.429. The van der Waals surface area contributed by atoms with Gasteiger partial charge in [-0.05, 0) is 13.8 Å². The molecule has 0 aromatic heterocycles. The van der Waals surface area contributed by atoms with Gasteiger partial charge in [-0.3, -0.25) is 0 Å². The van der Waals surface area contributed by atoms with Crippen LogP contribution in [0.15, 0.2) is 0 Å². The highest BCUT2D eigenvalue weighted by molar-refractivity contribution is 5.60. The number of ether oxygens (including phenoxy) is 2. The summed E-state index contributed by atoms with van der Waals surface area (Å²) in [7, 11) is 0. The predicted molar refractivity (Wildman–Crippen MR) is 36.4 cm³/mol. The van der Waals surface area contributed by atoms with E-state index in [0.717, 1.165) is 0 Å². The first-order valence-corrected chi connectivity index (χ1v) is 3.00. The first-order chi connectivity index (χ1) is 4.70. The van der Waals surface area contributed by atoms with Crippen LogP contribution in [-0.4, -0.2) is 18.9 Å². The standard InChI is InChI=1S/C7H10O3/c1-4-6(3)10-7(8)9-5-2/h1,6H,5H2,2-3H3. The Hall–Kier alpha value is -1.17. The Morgan fingerprint density at radius 1 is 1.80 bits per heavy atom. The van der Waals surface area contributed by atoms with Gasteiger partial charge < -0.3 is 9.47 Å². The number of carbonyl (C=O) groups is 1. The van der Waals surface area contributed by atoms with E-state index in [4.69, 9.17) is 6.42 Å². The Labute approximate surface area is 60.3 Å². The minimum Gasteiger partial charge on any atom is -0.435 e. The van der Waals surface area contributed by atoms with Gasteiger partial charge >= 0.3 is 6.16 Å². The first-order valence-electron chi connectivity index (χ1n) is 3.00. The van der Waals surface area contributed by atoms with E-state index in [1.807, 2.05) is 0 Å². The summed E-state index contributed by atoms with van der Waals surface area (Å²) in [6.07, 6.45) is 3.70. The average Bonchev–Trinajstić information content (AvgIpc) is 1.88. The summed E-state index contributed by atoms with van der Waals surface area (Å²) >= 11 is 0. The average molecular weight is 142 g/mol. The van der Waals surface area contributed by atoms with Crippen LogP contribution in [0.3, 0.4) is 0 Å². The lowest BCUT2D eigenvalue weighted by Gasteiger charge is -2.05. The molecule has 0 amide bonds. The van der Waals surface area contributed by atoms with Gasteiger partial charge in [0.15, 0.2) is 6.10 Å². The molecule has 56 valence electrons. The van der Waals surface area contributed by atoms with E-state index in [-0.39, 0.29) is 0 Å². The Morgan fingerprint density at radius 3 is 2.80 bits per heavy atom. The molecule has 1 unspecified atom stereocenters. The van der Waals surface area contributed by atoms with Crippen LogP contribution < -0.4 is 0 Å². The summed E-state index contributed by atoms with van der Waals surface area (Å²) in [4.78, 5) is 10.5. The fourth-order valence-corrected chi connectivity index (χ4v) is 0.330. The topological polar surface area (TPSA) is 35.5 Å². The highest BCUT2D eigenvalue weighted by Gasteiger charge is 2.05. The summed E-state index contributed by atoms with van der Waals surface area (Å²) in [6, 6.07) is 0. The van der Waals surface area contributed by atoms with E-state index in [2.05, 4.69) is 15.4 Å². The molecule has 0 spiro atoms. The van der Waals surface area contributed by atoms with Crippen LogP contribution in [0, 0.1) is 12.3 Å². The number of hydrogen-bond acceptors (Lipinski definition) is 3. The summed E-state index contributed by atoms with van der Waals surface area (Å²) in [5.41, 5.74) is 0. The van der Waals surface area contributed by atoms with E-state index < -0.39 is 12.3 Å². The van der Waals surface area contributed by atoms with Crippen LogP contribution in [0.5, 0.6) is 0 Å². The van der Waals surface area contributed by atoms with Crippen LogP contribution in [0.1, 0.15) is 13.8 Å². The molecule has 0 aromatic carbocycles. The molecule has 0 aliphatic heterocycles. The number of terminal acetylenes is 1. The number of rotatable bonds is 2. The van der Waals surface area contributed by atoms with Crippen LogP contribution >= 0.6 is 0 Å². The maximum Gasteiger partial charge on any atom is 0.509 e. The van der Waals surface area contributed by atoms with Crippen molar-refractivity contribution in [3.8, 4) is 12.3 Å². The second-order valence-corrected chi connectivity index (χ2v) is 1.61. The zero-order chi connectivity index (χ0) is 7.98. The monoisotopic (exact) mass is 142 g/mol. The number of carbonyl (C=O) groups excluding carboxylic acids is 1. The van der Waals surface area contributed by atoms with Gasteiger partial charge in [-0.25, -0.2) is 4.79 Å². The molecule has 0 radical (unpaired) electrons. The molecule has 0 N–H and O–H groups in total. The van der Waals surface area contributed by atoms with Crippen LogP contribution in [0.2, 0.25) is 0 Å². The van der Waals surface area contributed by atoms with Gasteiger partial charge in [0.25, 0.3) is 0 Å². The Bertz CT molecular complexity index is 145. The van der Waals surface area contributed by atoms with Crippen LogP contribution in [0.4, 0.5) is 4.79 Å². The maximum atomic E-state index is 10.5. The van der Waals surface area contributed by atoms with Crippen molar-refractivity contribution in [2.75, 3.05) is 6.61 Å². The smallest absolute Gasteiger partial charge is 0.435 e. The lowest BCUT2D eigenvalue weighted by atomic mass is 10.4. The van der Waals surface area contributed by atoms with Crippen molar-refractivity contribution in [3.05, 3.63) is 0 Å². The van der Waals surface area contributed by atoms with Crippen molar-refractivity contribution < 1.29 is 14.3 Å². The SMILES string of the molecule is C#CC(C)OC(=O)OCC. The molecule has 0 bridgehead atoms. The summed E-state index contributed by atoms with van der Waals surface area (Å²) in [5, 5.41) is 0. The Morgan fingerprint density at radius 2 is 2.40 bits per heavy atom. The second-order valence-electron chi connectivity index (χ2n) is 1.61. The zero-order valence-corrected chi connectivity index (χ0v) is 6.09. The molecule has 0 rings (SSSR count). The van der Waals surface area contributed by atoms with Gasteiger partial charge in [-0.1, -0.05) is 5.92 Å². The number of hydrogen-bond donors (Lipinski definition) is 0. The minimum atomic E-state index is -0.715. The molecule has 0 heterocycles. The fraction of sp³-hybridized carbons (Fsp3) is 0.571. The molecular weight excluding hydrogens is 132 g/mol. The largest absolute Gasteiger partial charge is 0.509 e. The summed E-state index contributed by atoms with van der Waals surface area (Å²) < 4.78 is 9.00. The van der Waals surface area contributed by atoms with E-state index in [1.54, 1.807) is 13.8 Å². The van der Waals surface area contributed by atoms with Crippen molar-refractivity contribution in [3.63, 3.8) is 0 Å².